The number of aromatic amines is 1. The van der Waals surface area contributed by atoms with Crippen LogP contribution in [-0.4, -0.2) is 46.4 Å². The molecule has 1 heterocycles. The van der Waals surface area contributed by atoms with Crippen molar-refractivity contribution in [1.29, 1.82) is 0 Å². The number of carbonyl (C=O) groups is 1. The Balaban J connectivity index is 1.72. The van der Waals surface area contributed by atoms with Crippen LogP contribution in [0.4, 0.5) is 5.69 Å². The van der Waals surface area contributed by atoms with Crippen molar-refractivity contribution in [3.63, 3.8) is 0 Å². The summed E-state index contributed by atoms with van der Waals surface area (Å²) < 4.78 is 57.2. The van der Waals surface area contributed by atoms with Gasteiger partial charge in [0.05, 0.1) is 28.8 Å². The van der Waals surface area contributed by atoms with Gasteiger partial charge < -0.3 is 4.74 Å². The molecule has 3 aromatic carbocycles. The molecule has 0 saturated heterocycles. The normalized spacial score (nSPS) is 11.9. The predicted octanol–water partition coefficient (Wildman–Crippen LogP) is 3.22. The third-order valence-corrected chi connectivity index (χ3v) is 7.66. The van der Waals surface area contributed by atoms with Crippen LogP contribution in [0.2, 0.25) is 0 Å². The highest BCUT2D eigenvalue weighted by atomic mass is 32.2. The fourth-order valence-electron chi connectivity index (χ4n) is 3.37. The first-order valence-corrected chi connectivity index (χ1v) is 13.0. The summed E-state index contributed by atoms with van der Waals surface area (Å²) in [5.74, 6) is -0.459. The highest BCUT2D eigenvalue weighted by Gasteiger charge is 2.24. The van der Waals surface area contributed by atoms with Gasteiger partial charge in [0.2, 0.25) is 0 Å². The minimum Gasteiger partial charge on any atom is -0.465 e. The first kappa shape index (κ1) is 22.5. The molecule has 4 rings (SSSR count). The van der Waals surface area contributed by atoms with Gasteiger partial charge in [-0.1, -0.05) is 24.3 Å². The lowest BCUT2D eigenvalue weighted by Gasteiger charge is -2.11. The molecule has 0 unspecified atom stereocenters. The number of fused-ring (bicyclic) bond motifs is 1. The number of nitrogens with one attached hydrogen (secondary N) is 2. The summed E-state index contributed by atoms with van der Waals surface area (Å²) in [5, 5.41) is 7.83. The van der Waals surface area contributed by atoms with Crippen LogP contribution in [0.5, 0.6) is 0 Å². The Morgan fingerprint density at radius 2 is 1.61 bits per heavy atom. The highest BCUT2D eigenvalue weighted by molar-refractivity contribution is 7.95. The summed E-state index contributed by atoms with van der Waals surface area (Å²) in [7, 11) is -6.64. The Morgan fingerprint density at radius 1 is 0.939 bits per heavy atom. The van der Waals surface area contributed by atoms with E-state index in [0.717, 1.165) is 6.26 Å². The molecule has 0 aliphatic rings. The molecule has 0 radical (unpaired) electrons. The summed E-state index contributed by atoms with van der Waals surface area (Å²) in [6.07, 6.45) is 0.955. The number of esters is 1. The van der Waals surface area contributed by atoms with E-state index < -0.39 is 25.8 Å². The topological polar surface area (TPSA) is 135 Å². The molecular weight excluding hydrogens is 466 g/mol. The average Bonchev–Trinajstić information content (AvgIpc) is 3.21. The zero-order valence-electron chi connectivity index (χ0n) is 17.6. The molecule has 2 N–H and O–H groups in total. The predicted molar refractivity (Wildman–Crippen MR) is 123 cm³/mol. The lowest BCUT2D eigenvalue weighted by atomic mass is 10.1. The van der Waals surface area contributed by atoms with Gasteiger partial charge in [-0.15, -0.1) is 0 Å². The lowest BCUT2D eigenvalue weighted by molar-refractivity contribution is 0.0600. The quantitative estimate of drug-likeness (QED) is 0.400. The summed E-state index contributed by atoms with van der Waals surface area (Å²) >= 11 is 0. The van der Waals surface area contributed by atoms with E-state index in [0.29, 0.717) is 27.7 Å². The fraction of sp³-hybridized carbons (Fsp3) is 0.0909. The molecule has 0 saturated carbocycles. The van der Waals surface area contributed by atoms with E-state index in [4.69, 9.17) is 4.74 Å². The Bertz CT molecular complexity index is 1570. The Kier molecular flexibility index (Phi) is 5.68. The van der Waals surface area contributed by atoms with E-state index >= 15 is 0 Å². The van der Waals surface area contributed by atoms with Crippen LogP contribution in [0, 0.1) is 0 Å². The molecule has 170 valence electrons. The summed E-state index contributed by atoms with van der Waals surface area (Å²) in [6, 6.07) is 16.9. The third kappa shape index (κ3) is 4.45. The number of carbonyl (C=O) groups excluding carboxylic acids is 1. The van der Waals surface area contributed by atoms with Crippen molar-refractivity contribution in [2.75, 3.05) is 18.1 Å². The first-order valence-electron chi connectivity index (χ1n) is 9.59. The number of rotatable bonds is 6. The van der Waals surface area contributed by atoms with Crippen LogP contribution in [0.15, 0.2) is 76.5 Å². The maximum Gasteiger partial charge on any atom is 0.337 e. The van der Waals surface area contributed by atoms with Crippen LogP contribution >= 0.6 is 0 Å². The van der Waals surface area contributed by atoms with Gasteiger partial charge in [-0.3, -0.25) is 9.82 Å². The van der Waals surface area contributed by atoms with Crippen LogP contribution < -0.4 is 4.72 Å². The minimum atomic E-state index is -4.19. The number of hydrogen-bond acceptors (Lipinski definition) is 7. The number of methoxy groups -OCH3 is 1. The molecule has 0 amide bonds. The smallest absolute Gasteiger partial charge is 0.337 e. The number of ether oxygens (including phenoxy) is 1. The molecular formula is C22H19N3O6S2. The van der Waals surface area contributed by atoms with E-state index in [-0.39, 0.29) is 15.5 Å². The molecule has 0 atom stereocenters. The summed E-state index contributed by atoms with van der Waals surface area (Å²) in [6.45, 7) is 0. The van der Waals surface area contributed by atoms with Gasteiger partial charge in [0.1, 0.15) is 4.90 Å². The van der Waals surface area contributed by atoms with Crippen LogP contribution in [0.25, 0.3) is 22.2 Å². The number of sulfonamides is 1. The van der Waals surface area contributed by atoms with Crippen molar-refractivity contribution in [3.05, 3.63) is 72.3 Å². The van der Waals surface area contributed by atoms with E-state index in [1.807, 2.05) is 0 Å². The van der Waals surface area contributed by atoms with Crippen molar-refractivity contribution in [3.8, 4) is 11.3 Å². The van der Waals surface area contributed by atoms with E-state index in [9.17, 15) is 21.6 Å². The first-order chi connectivity index (χ1) is 15.6. The zero-order chi connectivity index (χ0) is 23.8. The Hall–Kier alpha value is -3.70. The van der Waals surface area contributed by atoms with Crippen LogP contribution in [0.3, 0.4) is 0 Å². The van der Waals surface area contributed by atoms with Crippen LogP contribution in [-0.2, 0) is 24.6 Å². The van der Waals surface area contributed by atoms with Crippen molar-refractivity contribution in [2.45, 2.75) is 9.79 Å². The third-order valence-electron chi connectivity index (χ3n) is 4.93. The van der Waals surface area contributed by atoms with E-state index in [1.54, 1.807) is 42.5 Å². The number of sulfone groups is 1. The molecule has 9 nitrogen and oxygen atoms in total. The summed E-state index contributed by atoms with van der Waals surface area (Å²) in [4.78, 5) is 11.0. The highest BCUT2D eigenvalue weighted by Crippen LogP contribution is 2.30. The Labute approximate surface area is 190 Å². The van der Waals surface area contributed by atoms with Gasteiger partial charge in [0, 0.05) is 22.9 Å². The fourth-order valence-corrected chi connectivity index (χ4v) is 6.05. The zero-order valence-corrected chi connectivity index (χ0v) is 19.2. The standard InChI is InChI=1S/C22H19N3O6S2/c1-31-22(26)15-9-7-14(8-10-15)21-17-13-16(11-12-18(17)23-24-21)25-33(29,30)20-6-4-3-5-19(20)32(2,27)28/h3-13,25H,1-2H3,(H,23,24). The van der Waals surface area contributed by atoms with Gasteiger partial charge in [0.15, 0.2) is 9.84 Å². The molecule has 0 aliphatic heterocycles. The summed E-state index contributed by atoms with van der Waals surface area (Å²) in [5.41, 5.74) is 2.55. The van der Waals surface area contributed by atoms with Gasteiger partial charge in [-0.25, -0.2) is 21.6 Å². The SMILES string of the molecule is COC(=O)c1ccc(-c2n[nH]c3ccc(NS(=O)(=O)c4ccccc4S(C)(=O)=O)cc23)cc1. The molecule has 0 bridgehead atoms. The molecule has 11 heteroatoms. The van der Waals surface area contributed by atoms with Crippen molar-refractivity contribution in [1.82, 2.24) is 10.2 Å². The molecule has 1 aromatic heterocycles. The molecule has 0 spiro atoms. The second-order valence-electron chi connectivity index (χ2n) is 7.23. The molecule has 4 aromatic rings. The number of aromatic nitrogens is 2. The molecule has 0 aliphatic carbocycles. The van der Waals surface area contributed by atoms with Gasteiger partial charge in [-0.05, 0) is 42.5 Å². The largest absolute Gasteiger partial charge is 0.465 e. The number of H-pyrrole nitrogens is 1. The van der Waals surface area contributed by atoms with E-state index in [1.165, 1.54) is 31.4 Å². The maximum absolute atomic E-state index is 13.0. The second kappa shape index (κ2) is 8.34. The van der Waals surface area contributed by atoms with Crippen LogP contribution in [0.1, 0.15) is 10.4 Å². The number of hydrogen-bond donors (Lipinski definition) is 2. The average molecular weight is 486 g/mol. The molecule has 0 fully saturated rings. The van der Waals surface area contributed by atoms with Gasteiger partial charge >= 0.3 is 5.97 Å². The minimum absolute atomic E-state index is 0.236. The van der Waals surface area contributed by atoms with Crippen molar-refractivity contribution >= 4 is 42.4 Å². The molecule has 33 heavy (non-hydrogen) atoms. The monoisotopic (exact) mass is 485 g/mol. The number of nitrogens with zero attached hydrogens (tertiary/aromatic N) is 1. The van der Waals surface area contributed by atoms with Crippen molar-refractivity contribution in [2.24, 2.45) is 0 Å². The second-order valence-corrected chi connectivity index (χ2v) is 10.9. The number of benzene rings is 3. The lowest BCUT2D eigenvalue weighted by Crippen LogP contribution is -2.16. The van der Waals surface area contributed by atoms with Gasteiger partial charge in [-0.2, -0.15) is 5.10 Å². The Morgan fingerprint density at radius 3 is 2.24 bits per heavy atom. The van der Waals surface area contributed by atoms with Gasteiger partial charge in [0.25, 0.3) is 10.0 Å². The van der Waals surface area contributed by atoms with E-state index in [2.05, 4.69) is 14.9 Å². The maximum atomic E-state index is 13.0. The van der Waals surface area contributed by atoms with Crippen molar-refractivity contribution < 1.29 is 26.4 Å². The number of anilines is 1.